The van der Waals surface area contributed by atoms with E-state index in [0.29, 0.717) is 29.5 Å². The van der Waals surface area contributed by atoms with Gasteiger partial charge < -0.3 is 14.2 Å². The van der Waals surface area contributed by atoms with Crippen LogP contribution in [-0.2, 0) is 7.05 Å². The molecule has 0 N–H and O–H groups in total. The molecular formula is C19H23N3O3. The van der Waals surface area contributed by atoms with Gasteiger partial charge in [-0.3, -0.25) is 9.59 Å². The molecule has 0 atom stereocenters. The molecule has 6 heteroatoms. The summed E-state index contributed by atoms with van der Waals surface area (Å²) in [6.45, 7) is 1.49. The largest absolute Gasteiger partial charge is 0.496 e. The molecule has 2 aromatic rings. The number of hydrogen-bond acceptors (Lipinski definition) is 5. The number of methoxy groups -OCH3 is 1. The monoisotopic (exact) mass is 341 g/mol. The first kappa shape index (κ1) is 17.2. The van der Waals surface area contributed by atoms with Gasteiger partial charge in [0.25, 0.3) is 5.56 Å². The Balaban J connectivity index is 1.62. The van der Waals surface area contributed by atoms with Gasteiger partial charge in [0.2, 0.25) is 0 Å². The minimum Gasteiger partial charge on any atom is -0.496 e. The van der Waals surface area contributed by atoms with Crippen molar-refractivity contribution in [3.05, 3.63) is 52.6 Å². The number of benzene rings is 1. The topological polar surface area (TPSA) is 64.4 Å². The third-order valence-electron chi connectivity index (χ3n) is 4.79. The molecule has 0 amide bonds. The molecule has 0 spiro atoms. The van der Waals surface area contributed by atoms with Gasteiger partial charge in [-0.25, -0.2) is 4.98 Å². The smallest absolute Gasteiger partial charge is 0.293 e. The molecule has 132 valence electrons. The van der Waals surface area contributed by atoms with Gasteiger partial charge in [0, 0.05) is 39.0 Å². The highest BCUT2D eigenvalue weighted by Crippen LogP contribution is 2.26. The molecule has 0 radical (unpaired) electrons. The maximum absolute atomic E-state index is 12.6. The molecule has 1 aromatic heterocycles. The number of carbonyl (C=O) groups is 1. The standard InChI is InChI=1S/C19H23N3O3/c1-21-12-9-20-18(19(21)24)22-10-7-14(8-11-22)13-16(23)15-5-3-4-6-17(15)25-2/h3-6,9,12,14H,7-8,10-11,13H2,1-2H3. The fourth-order valence-corrected chi connectivity index (χ4v) is 3.30. The fraction of sp³-hybridized carbons (Fsp3) is 0.421. The van der Waals surface area contributed by atoms with E-state index in [9.17, 15) is 9.59 Å². The molecule has 0 saturated carbocycles. The van der Waals surface area contributed by atoms with Crippen LogP contribution in [0, 0.1) is 5.92 Å². The van der Waals surface area contributed by atoms with Crippen molar-refractivity contribution in [1.29, 1.82) is 0 Å². The van der Waals surface area contributed by atoms with Crippen molar-refractivity contribution in [3.63, 3.8) is 0 Å². The number of ketones is 1. The van der Waals surface area contributed by atoms with E-state index in [1.165, 1.54) is 0 Å². The number of aryl methyl sites for hydroxylation is 1. The van der Waals surface area contributed by atoms with Crippen LogP contribution in [0.25, 0.3) is 0 Å². The Labute approximate surface area is 147 Å². The first-order valence-electron chi connectivity index (χ1n) is 8.53. The second kappa shape index (κ2) is 7.51. The lowest BCUT2D eigenvalue weighted by Crippen LogP contribution is -2.39. The summed E-state index contributed by atoms with van der Waals surface area (Å²) >= 11 is 0. The minimum absolute atomic E-state index is 0.0777. The second-order valence-corrected chi connectivity index (χ2v) is 6.42. The number of aromatic nitrogens is 2. The maximum Gasteiger partial charge on any atom is 0.293 e. The average Bonchev–Trinajstić information content (AvgIpc) is 2.64. The Kier molecular flexibility index (Phi) is 5.16. The molecule has 0 aliphatic carbocycles. The van der Waals surface area contributed by atoms with Crippen LogP contribution in [0.1, 0.15) is 29.6 Å². The van der Waals surface area contributed by atoms with Crippen LogP contribution < -0.4 is 15.2 Å². The van der Waals surface area contributed by atoms with E-state index in [-0.39, 0.29) is 11.3 Å². The van der Waals surface area contributed by atoms with Crippen LogP contribution in [0.4, 0.5) is 5.82 Å². The van der Waals surface area contributed by atoms with Gasteiger partial charge in [0.1, 0.15) is 5.75 Å². The van der Waals surface area contributed by atoms with Gasteiger partial charge >= 0.3 is 0 Å². The van der Waals surface area contributed by atoms with Crippen molar-refractivity contribution in [2.45, 2.75) is 19.3 Å². The predicted molar refractivity (Wildman–Crippen MR) is 96.4 cm³/mol. The van der Waals surface area contributed by atoms with Gasteiger partial charge in [-0.2, -0.15) is 0 Å². The molecule has 1 fully saturated rings. The average molecular weight is 341 g/mol. The van der Waals surface area contributed by atoms with Gasteiger partial charge in [-0.15, -0.1) is 0 Å². The van der Waals surface area contributed by atoms with Crippen LogP contribution in [0.2, 0.25) is 0 Å². The highest BCUT2D eigenvalue weighted by Gasteiger charge is 2.25. The predicted octanol–water partition coefficient (Wildman–Crippen LogP) is 2.28. The van der Waals surface area contributed by atoms with Crippen LogP contribution in [0.15, 0.2) is 41.5 Å². The lowest BCUT2D eigenvalue weighted by molar-refractivity contribution is 0.0951. The summed E-state index contributed by atoms with van der Waals surface area (Å²) in [5, 5.41) is 0. The second-order valence-electron chi connectivity index (χ2n) is 6.42. The van der Waals surface area contributed by atoms with Crippen LogP contribution in [-0.4, -0.2) is 35.5 Å². The highest BCUT2D eigenvalue weighted by molar-refractivity contribution is 5.98. The number of carbonyl (C=O) groups excluding carboxylic acids is 1. The minimum atomic E-state index is -0.0777. The number of rotatable bonds is 5. The number of anilines is 1. The van der Waals surface area contributed by atoms with Crippen molar-refractivity contribution < 1.29 is 9.53 Å². The molecule has 0 unspecified atom stereocenters. The van der Waals surface area contributed by atoms with Crippen LogP contribution in [0.5, 0.6) is 5.75 Å². The normalized spacial score (nSPS) is 15.2. The zero-order chi connectivity index (χ0) is 17.8. The molecule has 0 bridgehead atoms. The maximum atomic E-state index is 12.6. The number of piperidine rings is 1. The lowest BCUT2D eigenvalue weighted by Gasteiger charge is -2.32. The van der Waals surface area contributed by atoms with Crippen molar-refractivity contribution in [2.75, 3.05) is 25.1 Å². The van der Waals surface area contributed by atoms with E-state index < -0.39 is 0 Å². The Hall–Kier alpha value is -2.63. The molecule has 1 saturated heterocycles. The molecular weight excluding hydrogens is 318 g/mol. The molecule has 1 aliphatic heterocycles. The van der Waals surface area contributed by atoms with Crippen LogP contribution in [0.3, 0.4) is 0 Å². The van der Waals surface area contributed by atoms with E-state index >= 15 is 0 Å². The number of para-hydroxylation sites is 1. The zero-order valence-electron chi connectivity index (χ0n) is 14.6. The van der Waals surface area contributed by atoms with Gasteiger partial charge in [-0.05, 0) is 30.9 Å². The van der Waals surface area contributed by atoms with E-state index in [2.05, 4.69) is 4.98 Å². The summed E-state index contributed by atoms with van der Waals surface area (Å²) < 4.78 is 6.82. The summed E-state index contributed by atoms with van der Waals surface area (Å²) in [5.74, 6) is 1.56. The van der Waals surface area contributed by atoms with E-state index in [4.69, 9.17) is 4.74 Å². The van der Waals surface area contributed by atoms with Crippen LogP contribution >= 0.6 is 0 Å². The Morgan fingerprint density at radius 3 is 2.72 bits per heavy atom. The quantitative estimate of drug-likeness (QED) is 0.781. The Bertz CT molecular complexity index is 808. The fourth-order valence-electron chi connectivity index (χ4n) is 3.30. The number of ether oxygens (including phenoxy) is 1. The first-order valence-corrected chi connectivity index (χ1v) is 8.53. The third-order valence-corrected chi connectivity index (χ3v) is 4.79. The van der Waals surface area contributed by atoms with E-state index in [1.54, 1.807) is 31.1 Å². The summed E-state index contributed by atoms with van der Waals surface area (Å²) in [6.07, 6.45) is 5.56. The van der Waals surface area contributed by atoms with Gasteiger partial charge in [0.15, 0.2) is 11.6 Å². The SMILES string of the molecule is COc1ccccc1C(=O)CC1CCN(c2nccn(C)c2=O)CC1. The summed E-state index contributed by atoms with van der Waals surface area (Å²) in [7, 11) is 3.31. The zero-order valence-corrected chi connectivity index (χ0v) is 14.6. The number of hydrogen-bond donors (Lipinski definition) is 0. The lowest BCUT2D eigenvalue weighted by atomic mass is 9.89. The molecule has 3 rings (SSSR count). The summed E-state index contributed by atoms with van der Waals surface area (Å²) in [4.78, 5) is 31.0. The Morgan fingerprint density at radius 1 is 1.28 bits per heavy atom. The first-order chi connectivity index (χ1) is 12.1. The van der Waals surface area contributed by atoms with Crippen molar-refractivity contribution in [2.24, 2.45) is 13.0 Å². The van der Waals surface area contributed by atoms with Crippen molar-refractivity contribution >= 4 is 11.6 Å². The number of Topliss-reactive ketones (excluding diaryl/α,β-unsaturated/α-hetero) is 1. The van der Waals surface area contributed by atoms with Gasteiger partial charge in [-0.1, -0.05) is 12.1 Å². The van der Waals surface area contributed by atoms with Crippen molar-refractivity contribution in [1.82, 2.24) is 9.55 Å². The third kappa shape index (κ3) is 3.73. The van der Waals surface area contributed by atoms with E-state index in [0.717, 1.165) is 25.9 Å². The van der Waals surface area contributed by atoms with Gasteiger partial charge in [0.05, 0.1) is 12.7 Å². The highest BCUT2D eigenvalue weighted by atomic mass is 16.5. The molecule has 6 nitrogen and oxygen atoms in total. The molecule has 1 aromatic carbocycles. The molecule has 25 heavy (non-hydrogen) atoms. The number of nitrogens with zero attached hydrogens (tertiary/aromatic N) is 3. The molecule has 2 heterocycles. The molecule has 1 aliphatic rings. The van der Waals surface area contributed by atoms with E-state index in [1.807, 2.05) is 29.2 Å². The summed E-state index contributed by atoms with van der Waals surface area (Å²) in [5.41, 5.74) is 0.567. The summed E-state index contributed by atoms with van der Waals surface area (Å²) in [6, 6.07) is 7.34. The Morgan fingerprint density at radius 2 is 2.00 bits per heavy atom. The van der Waals surface area contributed by atoms with Crippen molar-refractivity contribution in [3.8, 4) is 5.75 Å².